The molecule has 0 saturated carbocycles. The van der Waals surface area contributed by atoms with Gasteiger partial charge in [-0.3, -0.25) is 4.79 Å². The van der Waals surface area contributed by atoms with Gasteiger partial charge in [-0.15, -0.1) is 11.3 Å². The van der Waals surface area contributed by atoms with Crippen molar-refractivity contribution in [1.82, 2.24) is 0 Å². The SMILES string of the molecule is Cc1ccc(/C=C(\C#N)C(=O)Nc2ccc(N3CCOCC3)cc2)s1. The molecule has 25 heavy (non-hydrogen) atoms. The van der Waals surface area contributed by atoms with Crippen molar-refractivity contribution in [3.05, 3.63) is 51.7 Å². The van der Waals surface area contributed by atoms with E-state index >= 15 is 0 Å². The van der Waals surface area contributed by atoms with Gasteiger partial charge in [0.1, 0.15) is 11.6 Å². The maximum atomic E-state index is 12.3. The highest BCUT2D eigenvalue weighted by molar-refractivity contribution is 7.12. The standard InChI is InChI=1S/C19H19N3O2S/c1-14-2-7-18(25-14)12-15(13-20)19(23)21-16-3-5-17(6-4-16)22-8-10-24-11-9-22/h2-7,12H,8-11H2,1H3,(H,21,23)/b15-12+. The number of nitriles is 1. The maximum absolute atomic E-state index is 12.3. The van der Waals surface area contributed by atoms with E-state index in [-0.39, 0.29) is 5.57 Å². The van der Waals surface area contributed by atoms with Crippen LogP contribution < -0.4 is 10.2 Å². The Morgan fingerprint density at radius 3 is 2.56 bits per heavy atom. The van der Waals surface area contributed by atoms with Gasteiger partial charge >= 0.3 is 0 Å². The molecular formula is C19H19N3O2S. The van der Waals surface area contributed by atoms with Gasteiger partial charge in [-0.1, -0.05) is 0 Å². The van der Waals surface area contributed by atoms with Gasteiger partial charge in [-0.25, -0.2) is 0 Å². The van der Waals surface area contributed by atoms with Crippen LogP contribution in [0.15, 0.2) is 42.0 Å². The fourth-order valence-electron chi connectivity index (χ4n) is 2.60. The molecule has 128 valence electrons. The zero-order valence-electron chi connectivity index (χ0n) is 14.0. The number of morpholine rings is 1. The van der Waals surface area contributed by atoms with Gasteiger partial charge in [0.05, 0.1) is 13.2 Å². The Labute approximate surface area is 151 Å². The molecule has 1 aromatic heterocycles. The number of nitrogens with zero attached hydrogens (tertiary/aromatic N) is 2. The van der Waals surface area contributed by atoms with Crippen LogP contribution in [0.4, 0.5) is 11.4 Å². The highest BCUT2D eigenvalue weighted by atomic mass is 32.1. The fraction of sp³-hybridized carbons (Fsp3) is 0.263. The van der Waals surface area contributed by atoms with Crippen LogP contribution >= 0.6 is 11.3 Å². The summed E-state index contributed by atoms with van der Waals surface area (Å²) in [6, 6.07) is 13.5. The number of rotatable bonds is 4. The molecule has 0 aliphatic carbocycles. The summed E-state index contributed by atoms with van der Waals surface area (Å²) in [6.07, 6.45) is 1.62. The zero-order valence-corrected chi connectivity index (χ0v) is 14.8. The largest absolute Gasteiger partial charge is 0.378 e. The summed E-state index contributed by atoms with van der Waals surface area (Å²) < 4.78 is 5.35. The minimum atomic E-state index is -0.396. The average Bonchev–Trinajstić information content (AvgIpc) is 3.06. The first-order chi connectivity index (χ1) is 12.2. The number of benzene rings is 1. The number of ether oxygens (including phenoxy) is 1. The van der Waals surface area contributed by atoms with Crippen LogP contribution in [0.5, 0.6) is 0 Å². The Morgan fingerprint density at radius 1 is 1.24 bits per heavy atom. The first-order valence-electron chi connectivity index (χ1n) is 8.08. The van der Waals surface area contributed by atoms with Crippen molar-refractivity contribution < 1.29 is 9.53 Å². The van der Waals surface area contributed by atoms with Crippen molar-refractivity contribution >= 4 is 34.7 Å². The Kier molecular flexibility index (Phi) is 5.49. The van der Waals surface area contributed by atoms with Crippen LogP contribution in [0.1, 0.15) is 9.75 Å². The topological polar surface area (TPSA) is 65.4 Å². The lowest BCUT2D eigenvalue weighted by molar-refractivity contribution is -0.112. The van der Waals surface area contributed by atoms with Crippen LogP contribution in [0.25, 0.3) is 6.08 Å². The summed E-state index contributed by atoms with van der Waals surface area (Å²) in [5, 5.41) is 12.0. The quantitative estimate of drug-likeness (QED) is 0.675. The molecule has 1 amide bonds. The van der Waals surface area contributed by atoms with Crippen molar-refractivity contribution in [2.45, 2.75) is 6.92 Å². The second kappa shape index (κ2) is 7.97. The molecule has 3 rings (SSSR count). The van der Waals surface area contributed by atoms with E-state index < -0.39 is 5.91 Å². The highest BCUT2D eigenvalue weighted by Crippen LogP contribution is 2.21. The molecule has 5 nitrogen and oxygen atoms in total. The molecule has 1 aliphatic heterocycles. The van der Waals surface area contributed by atoms with E-state index in [9.17, 15) is 10.1 Å². The number of nitrogens with one attached hydrogen (secondary N) is 1. The van der Waals surface area contributed by atoms with Gasteiger partial charge in [0.15, 0.2) is 0 Å². The lowest BCUT2D eigenvalue weighted by Crippen LogP contribution is -2.36. The predicted octanol–water partition coefficient (Wildman–Crippen LogP) is 3.44. The lowest BCUT2D eigenvalue weighted by Gasteiger charge is -2.28. The minimum Gasteiger partial charge on any atom is -0.378 e. The van der Waals surface area contributed by atoms with Gasteiger partial charge in [-0.2, -0.15) is 5.26 Å². The molecule has 2 heterocycles. The Hall–Kier alpha value is -2.62. The van der Waals surface area contributed by atoms with Gasteiger partial charge in [-0.05, 0) is 49.4 Å². The van der Waals surface area contributed by atoms with Gasteiger partial charge in [0.25, 0.3) is 5.91 Å². The second-order valence-electron chi connectivity index (χ2n) is 5.72. The van der Waals surface area contributed by atoms with E-state index in [0.29, 0.717) is 5.69 Å². The first-order valence-corrected chi connectivity index (χ1v) is 8.90. The predicted molar refractivity (Wildman–Crippen MR) is 101 cm³/mol. The molecule has 6 heteroatoms. The van der Waals surface area contributed by atoms with E-state index in [1.54, 1.807) is 17.4 Å². The normalized spacial score (nSPS) is 14.9. The molecule has 1 aromatic carbocycles. The van der Waals surface area contributed by atoms with Gasteiger partial charge < -0.3 is 15.0 Å². The van der Waals surface area contributed by atoms with E-state index in [1.165, 1.54) is 0 Å². The van der Waals surface area contributed by atoms with E-state index in [2.05, 4.69) is 10.2 Å². The van der Waals surface area contributed by atoms with E-state index in [1.807, 2.05) is 49.4 Å². The van der Waals surface area contributed by atoms with Gasteiger partial charge in [0, 0.05) is 34.2 Å². The van der Waals surface area contributed by atoms with Crippen LogP contribution in [0.3, 0.4) is 0 Å². The Bertz CT molecular complexity index is 812. The number of amides is 1. The third-order valence-electron chi connectivity index (χ3n) is 3.91. The first kappa shape index (κ1) is 17.2. The Balaban J connectivity index is 1.67. The van der Waals surface area contributed by atoms with Crippen molar-refractivity contribution in [1.29, 1.82) is 5.26 Å². The van der Waals surface area contributed by atoms with Crippen molar-refractivity contribution in [3.63, 3.8) is 0 Å². The Morgan fingerprint density at radius 2 is 1.96 bits per heavy atom. The average molecular weight is 353 g/mol. The lowest BCUT2D eigenvalue weighted by atomic mass is 10.2. The van der Waals surface area contributed by atoms with Crippen LogP contribution in [-0.2, 0) is 9.53 Å². The number of carbonyl (C=O) groups excluding carboxylic acids is 1. The zero-order chi connectivity index (χ0) is 17.6. The molecule has 0 radical (unpaired) electrons. The smallest absolute Gasteiger partial charge is 0.266 e. The molecule has 1 aliphatic rings. The molecule has 1 N–H and O–H groups in total. The molecule has 0 spiro atoms. The van der Waals surface area contributed by atoms with Crippen molar-refractivity contribution in [2.24, 2.45) is 0 Å². The van der Waals surface area contributed by atoms with Crippen molar-refractivity contribution in [3.8, 4) is 6.07 Å². The third kappa shape index (κ3) is 4.47. The summed E-state index contributed by atoms with van der Waals surface area (Å²) in [4.78, 5) is 16.6. The number of hydrogen-bond donors (Lipinski definition) is 1. The second-order valence-corrected chi connectivity index (χ2v) is 7.04. The summed E-state index contributed by atoms with van der Waals surface area (Å²) in [6.45, 7) is 5.19. The molecule has 1 saturated heterocycles. The molecule has 1 fully saturated rings. The van der Waals surface area contributed by atoms with Crippen LogP contribution in [0.2, 0.25) is 0 Å². The summed E-state index contributed by atoms with van der Waals surface area (Å²) in [5.74, 6) is -0.396. The summed E-state index contributed by atoms with van der Waals surface area (Å²) in [7, 11) is 0. The summed E-state index contributed by atoms with van der Waals surface area (Å²) in [5.41, 5.74) is 1.87. The third-order valence-corrected chi connectivity index (χ3v) is 4.86. The van der Waals surface area contributed by atoms with Gasteiger partial charge in [0.2, 0.25) is 0 Å². The van der Waals surface area contributed by atoms with Crippen LogP contribution in [0, 0.1) is 18.3 Å². The molecule has 0 atom stereocenters. The fourth-order valence-corrected chi connectivity index (χ4v) is 3.42. The molecule has 2 aromatic rings. The number of thiophene rings is 1. The van der Waals surface area contributed by atoms with Crippen molar-refractivity contribution in [2.75, 3.05) is 36.5 Å². The molecule has 0 unspecified atom stereocenters. The number of hydrogen-bond acceptors (Lipinski definition) is 5. The number of aryl methyl sites for hydroxylation is 1. The maximum Gasteiger partial charge on any atom is 0.266 e. The van der Waals surface area contributed by atoms with E-state index in [0.717, 1.165) is 41.7 Å². The van der Waals surface area contributed by atoms with E-state index in [4.69, 9.17) is 4.74 Å². The number of anilines is 2. The monoisotopic (exact) mass is 353 g/mol. The summed E-state index contributed by atoms with van der Waals surface area (Å²) >= 11 is 1.55. The minimum absolute atomic E-state index is 0.0964. The highest BCUT2D eigenvalue weighted by Gasteiger charge is 2.13. The number of carbonyl (C=O) groups is 1. The molecule has 0 bridgehead atoms. The van der Waals surface area contributed by atoms with Crippen LogP contribution in [-0.4, -0.2) is 32.2 Å². The molecular weight excluding hydrogens is 334 g/mol.